The molecule has 0 unspecified atom stereocenters. The number of hydrogen-bond acceptors (Lipinski definition) is 3. The lowest BCUT2D eigenvalue weighted by Crippen LogP contribution is -2.62. The summed E-state index contributed by atoms with van der Waals surface area (Å²) in [5.41, 5.74) is 4.07. The second kappa shape index (κ2) is 10.3. The molecule has 1 aliphatic rings. The third kappa shape index (κ3) is 6.01. The molecule has 0 atom stereocenters. The number of hydrogen-bond donors (Lipinski definition) is 3. The Morgan fingerprint density at radius 3 is 2.34 bits per heavy atom. The number of carbonyl (C=O) groups is 1. The van der Waals surface area contributed by atoms with E-state index >= 15 is 0 Å². The number of aromatic nitrogens is 1. The van der Waals surface area contributed by atoms with Crippen molar-refractivity contribution in [3.8, 4) is 17.0 Å². The van der Waals surface area contributed by atoms with E-state index in [1.807, 2.05) is 66.7 Å². The first-order chi connectivity index (χ1) is 18.0. The van der Waals surface area contributed by atoms with Crippen LogP contribution in [0.15, 0.2) is 66.7 Å². The molecule has 3 aromatic carbocycles. The molecule has 1 saturated heterocycles. The van der Waals surface area contributed by atoms with Gasteiger partial charge >= 0.3 is 0 Å². The summed E-state index contributed by atoms with van der Waals surface area (Å²) >= 11 is 12.5. The molecule has 0 saturated carbocycles. The van der Waals surface area contributed by atoms with Crippen molar-refractivity contribution in [2.45, 2.75) is 64.3 Å². The predicted molar refractivity (Wildman–Crippen MR) is 156 cm³/mol. The number of carbonyl (C=O) groups excluding carboxylic acids is 1. The zero-order valence-corrected chi connectivity index (χ0v) is 23.6. The van der Waals surface area contributed by atoms with E-state index < -0.39 is 0 Å². The fraction of sp³-hybridized carbons (Fsp3) is 0.323. The van der Waals surface area contributed by atoms with Crippen molar-refractivity contribution in [2.24, 2.45) is 0 Å². The van der Waals surface area contributed by atoms with Crippen molar-refractivity contribution in [1.82, 2.24) is 15.6 Å². The molecule has 1 aromatic heterocycles. The first-order valence-corrected chi connectivity index (χ1v) is 13.6. The average Bonchev–Trinajstić information content (AvgIpc) is 3.23. The Kier molecular flexibility index (Phi) is 7.21. The molecule has 38 heavy (non-hydrogen) atoms. The number of piperidine rings is 1. The molecule has 198 valence electrons. The second-order valence-corrected chi connectivity index (χ2v) is 12.3. The van der Waals surface area contributed by atoms with Crippen LogP contribution in [0.4, 0.5) is 0 Å². The van der Waals surface area contributed by atoms with Crippen molar-refractivity contribution in [3.63, 3.8) is 0 Å². The van der Waals surface area contributed by atoms with Crippen LogP contribution in [0.1, 0.15) is 56.5 Å². The van der Waals surface area contributed by atoms with Gasteiger partial charge in [-0.25, -0.2) is 0 Å². The molecule has 5 rings (SSSR count). The molecular weight excluding hydrogens is 517 g/mol. The normalized spacial score (nSPS) is 16.9. The van der Waals surface area contributed by atoms with E-state index in [9.17, 15) is 4.79 Å². The van der Waals surface area contributed by atoms with Gasteiger partial charge < -0.3 is 20.4 Å². The van der Waals surface area contributed by atoms with Gasteiger partial charge in [0.1, 0.15) is 12.4 Å². The monoisotopic (exact) mass is 549 g/mol. The molecular formula is C31H33Cl2N3O2. The Morgan fingerprint density at radius 2 is 1.63 bits per heavy atom. The minimum absolute atomic E-state index is 0.0606. The Bertz CT molecular complexity index is 1420. The van der Waals surface area contributed by atoms with Gasteiger partial charge in [-0.1, -0.05) is 53.5 Å². The molecule has 0 bridgehead atoms. The Morgan fingerprint density at radius 1 is 0.947 bits per heavy atom. The zero-order chi connectivity index (χ0) is 27.1. The van der Waals surface area contributed by atoms with Crippen LogP contribution in [0.5, 0.6) is 5.75 Å². The van der Waals surface area contributed by atoms with Crippen molar-refractivity contribution in [3.05, 3.63) is 87.9 Å². The number of amides is 1. The SMILES string of the molecule is CC1(C)CC(NC(=O)c2ccc(-c3cc4cc(Cl)c(Cl)cc4[nH]3)c(OCc3ccccc3)c2)CC(C)(C)N1. The number of H-pyrrole nitrogens is 1. The number of fused-ring (bicyclic) bond motifs is 1. The fourth-order valence-corrected chi connectivity index (χ4v) is 6.04. The molecule has 4 aromatic rings. The Balaban J connectivity index is 1.46. The lowest BCUT2D eigenvalue weighted by Gasteiger charge is -2.46. The number of nitrogens with one attached hydrogen (secondary N) is 3. The van der Waals surface area contributed by atoms with Crippen molar-refractivity contribution >= 4 is 40.0 Å². The Labute approximate surface area is 233 Å². The van der Waals surface area contributed by atoms with Gasteiger partial charge in [-0.3, -0.25) is 4.79 Å². The van der Waals surface area contributed by atoms with Gasteiger partial charge in [0.15, 0.2) is 0 Å². The molecule has 2 heterocycles. The van der Waals surface area contributed by atoms with Gasteiger partial charge in [-0.2, -0.15) is 0 Å². The summed E-state index contributed by atoms with van der Waals surface area (Å²) in [6.07, 6.45) is 1.72. The van der Waals surface area contributed by atoms with Gasteiger partial charge in [-0.05, 0) is 82.5 Å². The van der Waals surface area contributed by atoms with Crippen LogP contribution in [0.25, 0.3) is 22.2 Å². The van der Waals surface area contributed by atoms with E-state index in [1.54, 1.807) is 0 Å². The van der Waals surface area contributed by atoms with E-state index in [1.165, 1.54) is 0 Å². The molecule has 5 nitrogen and oxygen atoms in total. The van der Waals surface area contributed by atoms with Crippen LogP contribution in [0, 0.1) is 0 Å². The van der Waals surface area contributed by atoms with Crippen molar-refractivity contribution in [1.29, 1.82) is 0 Å². The first kappa shape index (κ1) is 26.6. The molecule has 1 fully saturated rings. The van der Waals surface area contributed by atoms with Gasteiger partial charge in [0, 0.05) is 39.1 Å². The maximum atomic E-state index is 13.4. The van der Waals surface area contributed by atoms with E-state index in [-0.39, 0.29) is 23.0 Å². The number of aromatic amines is 1. The van der Waals surface area contributed by atoms with Crippen LogP contribution in [-0.2, 0) is 6.61 Å². The van der Waals surface area contributed by atoms with Crippen LogP contribution in [-0.4, -0.2) is 28.0 Å². The van der Waals surface area contributed by atoms with Gasteiger partial charge in [0.25, 0.3) is 5.91 Å². The lowest BCUT2D eigenvalue weighted by atomic mass is 9.79. The zero-order valence-electron chi connectivity index (χ0n) is 22.1. The van der Waals surface area contributed by atoms with E-state index in [4.69, 9.17) is 27.9 Å². The maximum absolute atomic E-state index is 13.4. The smallest absolute Gasteiger partial charge is 0.251 e. The summed E-state index contributed by atoms with van der Waals surface area (Å²) in [6, 6.07) is 21.3. The highest BCUT2D eigenvalue weighted by molar-refractivity contribution is 6.42. The fourth-order valence-electron chi connectivity index (χ4n) is 5.71. The van der Waals surface area contributed by atoms with Crippen LogP contribution in [0.3, 0.4) is 0 Å². The number of benzene rings is 3. The quantitative estimate of drug-likeness (QED) is 0.230. The summed E-state index contributed by atoms with van der Waals surface area (Å²) in [6.45, 7) is 9.10. The Hall–Kier alpha value is -2.99. The molecule has 0 spiro atoms. The summed E-state index contributed by atoms with van der Waals surface area (Å²) in [4.78, 5) is 16.8. The minimum atomic E-state index is -0.102. The molecule has 1 aliphatic heterocycles. The van der Waals surface area contributed by atoms with Crippen LogP contribution >= 0.6 is 23.2 Å². The average molecular weight is 551 g/mol. The van der Waals surface area contributed by atoms with Crippen molar-refractivity contribution < 1.29 is 9.53 Å². The highest BCUT2D eigenvalue weighted by atomic mass is 35.5. The third-order valence-electron chi connectivity index (χ3n) is 6.96. The number of ether oxygens (including phenoxy) is 1. The largest absolute Gasteiger partial charge is 0.488 e. The summed E-state index contributed by atoms with van der Waals surface area (Å²) < 4.78 is 6.31. The highest BCUT2D eigenvalue weighted by Gasteiger charge is 2.38. The molecule has 0 radical (unpaired) electrons. The topological polar surface area (TPSA) is 66.2 Å². The van der Waals surface area contributed by atoms with E-state index in [0.717, 1.165) is 40.6 Å². The second-order valence-electron chi connectivity index (χ2n) is 11.5. The third-order valence-corrected chi connectivity index (χ3v) is 7.68. The maximum Gasteiger partial charge on any atom is 0.251 e. The van der Waals surface area contributed by atoms with E-state index in [0.29, 0.717) is 28.0 Å². The number of rotatable bonds is 6. The van der Waals surface area contributed by atoms with Crippen LogP contribution < -0.4 is 15.4 Å². The molecule has 3 N–H and O–H groups in total. The molecule has 1 amide bonds. The van der Waals surface area contributed by atoms with Gasteiger partial charge in [0.05, 0.1) is 15.7 Å². The van der Waals surface area contributed by atoms with Gasteiger partial charge in [-0.15, -0.1) is 0 Å². The summed E-state index contributed by atoms with van der Waals surface area (Å²) in [7, 11) is 0. The molecule has 7 heteroatoms. The lowest BCUT2D eigenvalue weighted by molar-refractivity contribution is 0.0872. The van der Waals surface area contributed by atoms with Gasteiger partial charge in [0.2, 0.25) is 0 Å². The standard InChI is InChI=1S/C31H33Cl2N3O2/c1-30(2)16-22(17-31(3,4)36-30)34-29(37)20-10-11-23(28(14-20)38-18-19-8-6-5-7-9-19)27-13-21-12-24(32)25(33)15-26(21)35-27/h5-15,22,35-36H,16-18H2,1-4H3,(H,34,37). The minimum Gasteiger partial charge on any atom is -0.488 e. The van der Waals surface area contributed by atoms with Crippen LogP contribution in [0.2, 0.25) is 10.0 Å². The predicted octanol–water partition coefficient (Wildman–Crippen LogP) is 7.76. The first-order valence-electron chi connectivity index (χ1n) is 12.9. The highest BCUT2D eigenvalue weighted by Crippen LogP contribution is 2.36. The summed E-state index contributed by atoms with van der Waals surface area (Å²) in [5.74, 6) is 0.519. The summed E-state index contributed by atoms with van der Waals surface area (Å²) in [5, 5.41) is 8.87. The van der Waals surface area contributed by atoms with E-state index in [2.05, 4.69) is 43.3 Å². The number of halogens is 2. The van der Waals surface area contributed by atoms with Crippen molar-refractivity contribution in [2.75, 3.05) is 0 Å². The molecule has 0 aliphatic carbocycles.